The van der Waals surface area contributed by atoms with Crippen LogP contribution in [0.4, 0.5) is 5.82 Å². The van der Waals surface area contributed by atoms with Crippen molar-refractivity contribution in [1.29, 1.82) is 0 Å². The summed E-state index contributed by atoms with van der Waals surface area (Å²) in [7, 11) is 0. The summed E-state index contributed by atoms with van der Waals surface area (Å²) in [4.78, 5) is 0. The highest BCUT2D eigenvalue weighted by atomic mass is 35.5. The molecule has 1 heterocycles. The number of aliphatic hydroxyl groups is 1. The highest BCUT2D eigenvalue weighted by Gasteiger charge is 2.07. The standard InChI is InChI=1S/C6H10ClN3OS/c1-4(2-3-11)8-6-5(7)9-12-10-6/h4,11H,2-3H2,1H3,(H,8,10). The summed E-state index contributed by atoms with van der Waals surface area (Å²) in [5.74, 6) is 0.600. The summed E-state index contributed by atoms with van der Waals surface area (Å²) in [6.45, 7) is 2.11. The highest BCUT2D eigenvalue weighted by molar-refractivity contribution is 6.99. The SMILES string of the molecule is CC(CCO)Nc1nsnc1Cl. The summed E-state index contributed by atoms with van der Waals surface area (Å²) in [6.07, 6.45) is 0.674. The van der Waals surface area contributed by atoms with Gasteiger partial charge in [0.25, 0.3) is 0 Å². The van der Waals surface area contributed by atoms with Crippen LogP contribution in [-0.2, 0) is 0 Å². The van der Waals surface area contributed by atoms with E-state index in [9.17, 15) is 0 Å². The van der Waals surface area contributed by atoms with Crippen LogP contribution >= 0.6 is 23.3 Å². The van der Waals surface area contributed by atoms with Crippen LogP contribution in [0.25, 0.3) is 0 Å². The van der Waals surface area contributed by atoms with E-state index < -0.39 is 0 Å². The van der Waals surface area contributed by atoms with E-state index in [4.69, 9.17) is 16.7 Å². The first kappa shape index (κ1) is 9.70. The molecule has 0 radical (unpaired) electrons. The van der Waals surface area contributed by atoms with Gasteiger partial charge in [-0.3, -0.25) is 0 Å². The van der Waals surface area contributed by atoms with Gasteiger partial charge in [0.2, 0.25) is 0 Å². The average molecular weight is 208 g/mol. The van der Waals surface area contributed by atoms with E-state index in [-0.39, 0.29) is 12.6 Å². The molecule has 0 aromatic carbocycles. The second kappa shape index (κ2) is 4.59. The first-order valence-corrected chi connectivity index (χ1v) is 4.70. The molecule has 1 rings (SSSR count). The Kier molecular flexibility index (Phi) is 3.71. The van der Waals surface area contributed by atoms with Crippen molar-refractivity contribution in [3.8, 4) is 0 Å². The van der Waals surface area contributed by atoms with Crippen molar-refractivity contribution >= 4 is 29.1 Å². The maximum atomic E-state index is 8.63. The smallest absolute Gasteiger partial charge is 0.186 e. The predicted octanol–water partition coefficient (Wildman–Crippen LogP) is 1.37. The Morgan fingerprint density at radius 3 is 2.92 bits per heavy atom. The molecule has 0 amide bonds. The second-order valence-electron chi connectivity index (χ2n) is 2.46. The van der Waals surface area contributed by atoms with Crippen molar-refractivity contribution in [3.63, 3.8) is 0 Å². The van der Waals surface area contributed by atoms with Gasteiger partial charge >= 0.3 is 0 Å². The molecule has 2 N–H and O–H groups in total. The highest BCUT2D eigenvalue weighted by Crippen LogP contribution is 2.18. The topological polar surface area (TPSA) is 58.0 Å². The molecule has 1 aromatic heterocycles. The lowest BCUT2D eigenvalue weighted by Gasteiger charge is -2.10. The number of aliphatic hydroxyl groups excluding tert-OH is 1. The molecule has 0 saturated heterocycles. The van der Waals surface area contributed by atoms with Crippen molar-refractivity contribution in [3.05, 3.63) is 5.15 Å². The molecular weight excluding hydrogens is 198 g/mol. The van der Waals surface area contributed by atoms with Gasteiger partial charge in [0.1, 0.15) is 0 Å². The van der Waals surface area contributed by atoms with Crippen LogP contribution in [0.1, 0.15) is 13.3 Å². The summed E-state index contributed by atoms with van der Waals surface area (Å²) >= 11 is 6.77. The molecule has 0 spiro atoms. The van der Waals surface area contributed by atoms with Gasteiger partial charge in [-0.1, -0.05) is 11.6 Å². The summed E-state index contributed by atoms with van der Waals surface area (Å²) in [5, 5.41) is 12.1. The predicted molar refractivity (Wildman–Crippen MR) is 49.7 cm³/mol. The van der Waals surface area contributed by atoms with Gasteiger partial charge in [-0.2, -0.15) is 8.75 Å². The van der Waals surface area contributed by atoms with Crippen LogP contribution in [0.5, 0.6) is 0 Å². The van der Waals surface area contributed by atoms with E-state index in [1.807, 2.05) is 6.92 Å². The Morgan fingerprint density at radius 1 is 1.67 bits per heavy atom. The molecule has 4 nitrogen and oxygen atoms in total. The normalized spacial score (nSPS) is 12.9. The van der Waals surface area contributed by atoms with Gasteiger partial charge in [-0.05, 0) is 13.3 Å². The number of aromatic nitrogens is 2. The Balaban J connectivity index is 2.46. The van der Waals surface area contributed by atoms with Gasteiger partial charge in [0, 0.05) is 12.6 Å². The zero-order valence-corrected chi connectivity index (χ0v) is 8.19. The lowest BCUT2D eigenvalue weighted by atomic mass is 10.2. The maximum Gasteiger partial charge on any atom is 0.186 e. The summed E-state index contributed by atoms with van der Waals surface area (Å²) in [5.41, 5.74) is 0. The number of nitrogens with zero attached hydrogens (tertiary/aromatic N) is 2. The molecule has 0 fully saturated rings. The molecule has 68 valence electrons. The third kappa shape index (κ3) is 2.58. The molecule has 1 aromatic rings. The monoisotopic (exact) mass is 207 g/mol. The van der Waals surface area contributed by atoms with Crippen molar-refractivity contribution in [2.45, 2.75) is 19.4 Å². The van der Waals surface area contributed by atoms with Crippen molar-refractivity contribution in [1.82, 2.24) is 8.75 Å². The summed E-state index contributed by atoms with van der Waals surface area (Å²) < 4.78 is 7.74. The fraction of sp³-hybridized carbons (Fsp3) is 0.667. The lowest BCUT2D eigenvalue weighted by Crippen LogP contribution is -2.16. The number of hydrogen-bond donors (Lipinski definition) is 2. The van der Waals surface area contributed by atoms with Crippen molar-refractivity contribution < 1.29 is 5.11 Å². The Labute approximate surface area is 79.9 Å². The van der Waals surface area contributed by atoms with Crippen LogP contribution in [0.3, 0.4) is 0 Å². The fourth-order valence-electron chi connectivity index (χ4n) is 0.763. The van der Waals surface area contributed by atoms with E-state index in [0.29, 0.717) is 17.4 Å². The number of rotatable bonds is 4. The average Bonchev–Trinajstić information content (AvgIpc) is 2.37. The largest absolute Gasteiger partial charge is 0.396 e. The molecule has 0 aliphatic rings. The Bertz CT molecular complexity index is 242. The van der Waals surface area contributed by atoms with Crippen molar-refractivity contribution in [2.24, 2.45) is 0 Å². The number of hydrogen-bond acceptors (Lipinski definition) is 5. The number of anilines is 1. The second-order valence-corrected chi connectivity index (χ2v) is 3.35. The molecule has 0 aliphatic heterocycles. The zero-order chi connectivity index (χ0) is 8.97. The third-order valence-corrected chi connectivity index (χ3v) is 2.29. The lowest BCUT2D eigenvalue weighted by molar-refractivity contribution is 0.282. The minimum atomic E-state index is 0.156. The van der Waals surface area contributed by atoms with Gasteiger partial charge in [-0.25, -0.2) is 0 Å². The summed E-state index contributed by atoms with van der Waals surface area (Å²) in [6, 6.07) is 0.163. The Hall–Kier alpha value is -0.390. The third-order valence-electron chi connectivity index (χ3n) is 1.39. The van der Waals surface area contributed by atoms with Crippen LogP contribution in [0, 0.1) is 0 Å². The van der Waals surface area contributed by atoms with Gasteiger partial charge in [0.15, 0.2) is 11.0 Å². The van der Waals surface area contributed by atoms with Crippen LogP contribution in [0.15, 0.2) is 0 Å². The van der Waals surface area contributed by atoms with E-state index in [1.54, 1.807) is 0 Å². The quantitative estimate of drug-likeness (QED) is 0.783. The fourth-order valence-corrected chi connectivity index (χ4v) is 1.42. The molecule has 0 saturated carbocycles. The van der Waals surface area contributed by atoms with E-state index in [0.717, 1.165) is 11.7 Å². The van der Waals surface area contributed by atoms with Crippen LogP contribution < -0.4 is 5.32 Å². The van der Waals surface area contributed by atoms with Gasteiger partial charge in [-0.15, -0.1) is 0 Å². The van der Waals surface area contributed by atoms with E-state index in [1.165, 1.54) is 0 Å². The molecule has 12 heavy (non-hydrogen) atoms. The first-order valence-electron chi connectivity index (χ1n) is 3.59. The van der Waals surface area contributed by atoms with Gasteiger partial charge in [0.05, 0.1) is 11.7 Å². The minimum Gasteiger partial charge on any atom is -0.396 e. The molecule has 1 unspecified atom stereocenters. The number of halogens is 1. The van der Waals surface area contributed by atoms with Crippen LogP contribution in [0.2, 0.25) is 5.15 Å². The zero-order valence-electron chi connectivity index (χ0n) is 6.62. The molecule has 6 heteroatoms. The molecule has 0 bridgehead atoms. The van der Waals surface area contributed by atoms with Gasteiger partial charge < -0.3 is 10.4 Å². The Morgan fingerprint density at radius 2 is 2.42 bits per heavy atom. The van der Waals surface area contributed by atoms with E-state index in [2.05, 4.69) is 14.1 Å². The molecule has 0 aliphatic carbocycles. The minimum absolute atomic E-state index is 0.156. The first-order chi connectivity index (χ1) is 5.74. The maximum absolute atomic E-state index is 8.63. The van der Waals surface area contributed by atoms with Crippen LogP contribution in [-0.4, -0.2) is 26.5 Å². The van der Waals surface area contributed by atoms with E-state index >= 15 is 0 Å². The van der Waals surface area contributed by atoms with Crippen molar-refractivity contribution in [2.75, 3.05) is 11.9 Å². The molecule has 1 atom stereocenters. The number of nitrogens with one attached hydrogen (secondary N) is 1. The molecular formula is C6H10ClN3OS.